The molecule has 0 fully saturated rings. The molecule has 10 heteroatoms. The fourth-order valence-electron chi connectivity index (χ4n) is 3.18. The molecule has 0 saturated heterocycles. The molecule has 0 bridgehead atoms. The first-order valence-corrected chi connectivity index (χ1v) is 8.04. The highest BCUT2D eigenvalue weighted by Crippen LogP contribution is 2.25. The highest BCUT2D eigenvalue weighted by Gasteiger charge is 2.24. The zero-order valence-electron chi connectivity index (χ0n) is 14.9. The third kappa shape index (κ3) is 2.38. The summed E-state index contributed by atoms with van der Waals surface area (Å²) < 4.78 is 2.35. The minimum absolute atomic E-state index is 0.0996. The predicted octanol–water partition coefficient (Wildman–Crippen LogP) is 0.566. The van der Waals surface area contributed by atoms with Crippen LogP contribution in [-0.2, 0) is 13.3 Å². The van der Waals surface area contributed by atoms with Gasteiger partial charge in [0, 0.05) is 0 Å². The standard InChI is InChI=1S/C18H12N8O2/c1-9-11(3-19)15-23-7-26-16(24-8-25(15)17(27)13(9)5-21)12(4-20)10(2)14(6-22)18(26)28/h23-24H,7-8H2,1-2H3. The molecule has 2 aromatic heterocycles. The maximum atomic E-state index is 12.7. The summed E-state index contributed by atoms with van der Waals surface area (Å²) in [5, 5.41) is 43.3. The van der Waals surface area contributed by atoms with Crippen LogP contribution in [0.3, 0.4) is 0 Å². The molecule has 0 saturated carbocycles. The maximum Gasteiger partial charge on any atom is 0.271 e. The number of nitrogens with one attached hydrogen (secondary N) is 2. The zero-order valence-corrected chi connectivity index (χ0v) is 14.9. The van der Waals surface area contributed by atoms with Crippen LogP contribution in [0.5, 0.6) is 0 Å². The van der Waals surface area contributed by atoms with Gasteiger partial charge in [-0.25, -0.2) is 0 Å². The van der Waals surface area contributed by atoms with Gasteiger partial charge < -0.3 is 10.6 Å². The second-order valence-corrected chi connectivity index (χ2v) is 6.03. The minimum atomic E-state index is -0.603. The summed E-state index contributed by atoms with van der Waals surface area (Å²) in [4.78, 5) is 25.3. The van der Waals surface area contributed by atoms with Crippen molar-refractivity contribution in [3.63, 3.8) is 0 Å². The molecule has 0 spiro atoms. The van der Waals surface area contributed by atoms with E-state index in [2.05, 4.69) is 10.6 Å². The average molecular weight is 372 g/mol. The molecule has 28 heavy (non-hydrogen) atoms. The van der Waals surface area contributed by atoms with Crippen molar-refractivity contribution >= 4 is 11.6 Å². The highest BCUT2D eigenvalue weighted by atomic mass is 16.1. The van der Waals surface area contributed by atoms with Crippen molar-refractivity contribution in [2.75, 3.05) is 10.6 Å². The second-order valence-electron chi connectivity index (χ2n) is 6.03. The van der Waals surface area contributed by atoms with Gasteiger partial charge in [0.25, 0.3) is 11.1 Å². The Morgan fingerprint density at radius 1 is 0.679 bits per heavy atom. The van der Waals surface area contributed by atoms with Gasteiger partial charge in [-0.2, -0.15) is 21.0 Å². The van der Waals surface area contributed by atoms with Crippen LogP contribution in [0.15, 0.2) is 9.59 Å². The molecule has 3 heterocycles. The summed E-state index contributed by atoms with van der Waals surface area (Å²) >= 11 is 0. The summed E-state index contributed by atoms with van der Waals surface area (Å²) in [5.74, 6) is 0.290. The molecule has 2 aromatic rings. The van der Waals surface area contributed by atoms with Crippen LogP contribution >= 0.6 is 0 Å². The van der Waals surface area contributed by atoms with E-state index in [4.69, 9.17) is 0 Å². The normalized spacial score (nSPS) is 11.6. The Hall–Kier alpha value is -4.54. The minimum Gasteiger partial charge on any atom is -0.352 e. The molecule has 3 rings (SSSR count). The molecule has 2 N–H and O–H groups in total. The van der Waals surface area contributed by atoms with Crippen molar-refractivity contribution in [2.45, 2.75) is 27.2 Å². The van der Waals surface area contributed by atoms with Crippen molar-refractivity contribution in [2.24, 2.45) is 0 Å². The maximum absolute atomic E-state index is 12.7. The summed E-state index contributed by atoms with van der Waals surface area (Å²) in [5.41, 5.74) is -0.841. The summed E-state index contributed by atoms with van der Waals surface area (Å²) in [6, 6.07) is 7.58. The van der Waals surface area contributed by atoms with E-state index in [1.807, 2.05) is 24.3 Å². The topological polar surface area (TPSA) is 163 Å². The van der Waals surface area contributed by atoms with Gasteiger partial charge in [0.15, 0.2) is 0 Å². The Balaban J connectivity index is 2.32. The van der Waals surface area contributed by atoms with Crippen LogP contribution in [0.25, 0.3) is 0 Å². The van der Waals surface area contributed by atoms with E-state index in [1.54, 1.807) is 0 Å². The smallest absolute Gasteiger partial charge is 0.271 e. The Morgan fingerprint density at radius 2 is 1.00 bits per heavy atom. The SMILES string of the molecule is Cc1c(C#N)c2n(c(=O)c1C#N)CNc1c(C#N)c(C)c(C#N)c(=O)n1CN2. The quantitative estimate of drug-likeness (QED) is 0.677. The number of hydrogen-bond acceptors (Lipinski definition) is 8. The lowest BCUT2D eigenvalue weighted by Gasteiger charge is -2.26. The first-order valence-electron chi connectivity index (χ1n) is 8.04. The zero-order chi connectivity index (χ0) is 20.6. The van der Waals surface area contributed by atoms with E-state index in [0.717, 1.165) is 0 Å². The van der Waals surface area contributed by atoms with Crippen LogP contribution in [0.4, 0.5) is 11.6 Å². The van der Waals surface area contributed by atoms with Crippen LogP contribution in [0.2, 0.25) is 0 Å². The fraction of sp³-hybridized carbons (Fsp3) is 0.222. The van der Waals surface area contributed by atoms with Crippen LogP contribution in [0.1, 0.15) is 33.4 Å². The van der Waals surface area contributed by atoms with Gasteiger partial charge in [0.2, 0.25) is 0 Å². The lowest BCUT2D eigenvalue weighted by molar-refractivity contribution is 0.653. The number of nitrogens with zero attached hydrogens (tertiary/aromatic N) is 6. The summed E-state index contributed by atoms with van der Waals surface area (Å²) in [6.07, 6.45) is 0. The average Bonchev–Trinajstić information content (AvgIpc) is 2.65. The third-order valence-electron chi connectivity index (χ3n) is 4.69. The number of rotatable bonds is 0. The molecule has 0 aromatic carbocycles. The third-order valence-corrected chi connectivity index (χ3v) is 4.69. The molecule has 10 nitrogen and oxygen atoms in total. The van der Waals surface area contributed by atoms with Crippen molar-refractivity contribution in [3.05, 3.63) is 54.1 Å². The molecule has 1 aliphatic rings. The van der Waals surface area contributed by atoms with E-state index < -0.39 is 11.1 Å². The second kappa shape index (κ2) is 6.64. The molecule has 136 valence electrons. The molecular formula is C18H12N8O2. The molecule has 0 amide bonds. The lowest BCUT2D eigenvalue weighted by Crippen LogP contribution is -2.37. The fourth-order valence-corrected chi connectivity index (χ4v) is 3.18. The Morgan fingerprint density at radius 3 is 1.29 bits per heavy atom. The highest BCUT2D eigenvalue weighted by molar-refractivity contribution is 5.64. The first-order chi connectivity index (χ1) is 13.4. The molecular weight excluding hydrogens is 360 g/mol. The van der Waals surface area contributed by atoms with Crippen LogP contribution < -0.4 is 21.8 Å². The number of nitriles is 4. The summed E-state index contributed by atoms with van der Waals surface area (Å²) in [6.45, 7) is 2.62. The lowest BCUT2D eigenvalue weighted by atomic mass is 10.0. The first kappa shape index (κ1) is 18.3. The van der Waals surface area contributed by atoms with Gasteiger partial charge in [-0.1, -0.05) is 0 Å². The van der Waals surface area contributed by atoms with Gasteiger partial charge in [-0.15, -0.1) is 0 Å². The van der Waals surface area contributed by atoms with Crippen molar-refractivity contribution in [1.29, 1.82) is 21.0 Å². The van der Waals surface area contributed by atoms with Gasteiger partial charge >= 0.3 is 0 Å². The van der Waals surface area contributed by atoms with E-state index in [1.165, 1.54) is 23.0 Å². The van der Waals surface area contributed by atoms with E-state index in [0.29, 0.717) is 0 Å². The molecule has 0 radical (unpaired) electrons. The van der Waals surface area contributed by atoms with Crippen molar-refractivity contribution < 1.29 is 0 Å². The van der Waals surface area contributed by atoms with Crippen molar-refractivity contribution in [3.8, 4) is 24.3 Å². The Labute approximate surface area is 158 Å². The number of pyridine rings is 2. The van der Waals surface area contributed by atoms with Crippen LogP contribution in [-0.4, -0.2) is 9.13 Å². The summed E-state index contributed by atoms with van der Waals surface area (Å²) in [7, 11) is 0. The molecule has 1 aliphatic heterocycles. The predicted molar refractivity (Wildman–Crippen MR) is 97.0 cm³/mol. The Bertz CT molecular complexity index is 1220. The van der Waals surface area contributed by atoms with Gasteiger partial charge in [-0.3, -0.25) is 18.7 Å². The van der Waals surface area contributed by atoms with Gasteiger partial charge in [-0.05, 0) is 25.0 Å². The largest absolute Gasteiger partial charge is 0.352 e. The number of hydrogen-bond donors (Lipinski definition) is 2. The van der Waals surface area contributed by atoms with Crippen molar-refractivity contribution in [1.82, 2.24) is 9.13 Å². The Kier molecular flexibility index (Phi) is 4.33. The number of anilines is 2. The van der Waals surface area contributed by atoms with Gasteiger partial charge in [0.05, 0.1) is 24.5 Å². The van der Waals surface area contributed by atoms with E-state index >= 15 is 0 Å². The molecule has 0 atom stereocenters. The monoisotopic (exact) mass is 372 g/mol. The van der Waals surface area contributed by atoms with E-state index in [9.17, 15) is 30.6 Å². The molecule has 0 aliphatic carbocycles. The molecule has 0 unspecified atom stereocenters. The van der Waals surface area contributed by atoms with Crippen LogP contribution in [0, 0.1) is 59.2 Å². The van der Waals surface area contributed by atoms with Gasteiger partial charge in [0.1, 0.15) is 47.0 Å². The van der Waals surface area contributed by atoms with E-state index in [-0.39, 0.29) is 58.4 Å². The number of fused-ring (bicyclic) bond motifs is 2. The number of aromatic nitrogens is 2.